The minimum absolute atomic E-state index is 0.195. The molecule has 0 bridgehead atoms. The summed E-state index contributed by atoms with van der Waals surface area (Å²) >= 11 is 0. The molecule has 5 nitrogen and oxygen atoms in total. The smallest absolute Gasteiger partial charge is 0.294 e. The summed E-state index contributed by atoms with van der Waals surface area (Å²) in [6.07, 6.45) is 1.45. The van der Waals surface area contributed by atoms with Crippen molar-refractivity contribution >= 4 is 33.4 Å². The maximum absolute atomic E-state index is 12.1. The predicted octanol–water partition coefficient (Wildman–Crippen LogP) is 4.05. The zero-order valence-corrected chi connectivity index (χ0v) is 12.6. The average molecular weight is 305 g/mol. The molecule has 1 N–H and O–H groups in total. The van der Waals surface area contributed by atoms with E-state index in [1.54, 1.807) is 0 Å². The second-order valence-electron chi connectivity index (χ2n) is 5.32. The van der Waals surface area contributed by atoms with Crippen molar-refractivity contribution in [1.29, 1.82) is 0 Å². The van der Waals surface area contributed by atoms with Gasteiger partial charge in [0, 0.05) is 40.1 Å². The standard InChI is InChI=1S/C18H15N3O2/c1-2-21-15-6-4-3-5-13(15)14-11-12(7-8-16(14)21)20-18(22)17-9-10-19-23-17/h3-11H,2H2,1H3,(H,20,22). The Hall–Kier alpha value is -3.08. The Bertz CT molecular complexity index is 1000. The number of aromatic nitrogens is 2. The van der Waals surface area contributed by atoms with Crippen LogP contribution in [0.5, 0.6) is 0 Å². The lowest BCUT2D eigenvalue weighted by molar-refractivity contribution is 0.0988. The number of benzene rings is 2. The molecule has 2 aromatic carbocycles. The summed E-state index contributed by atoms with van der Waals surface area (Å²) in [5, 5.41) is 8.70. The van der Waals surface area contributed by atoms with Crippen LogP contribution >= 0.6 is 0 Å². The molecule has 0 aliphatic heterocycles. The molecule has 4 aromatic rings. The molecule has 5 heteroatoms. The van der Waals surface area contributed by atoms with E-state index < -0.39 is 0 Å². The normalized spacial score (nSPS) is 11.2. The number of nitrogens with one attached hydrogen (secondary N) is 1. The fourth-order valence-electron chi connectivity index (χ4n) is 3.00. The number of anilines is 1. The van der Waals surface area contributed by atoms with Gasteiger partial charge in [0.2, 0.25) is 5.76 Å². The molecule has 0 spiro atoms. The summed E-state index contributed by atoms with van der Waals surface area (Å²) in [6.45, 7) is 3.03. The number of fused-ring (bicyclic) bond motifs is 3. The molecule has 1 amide bonds. The Balaban J connectivity index is 1.81. The number of hydrogen-bond donors (Lipinski definition) is 1. The van der Waals surface area contributed by atoms with Crippen molar-refractivity contribution in [3.05, 3.63) is 60.5 Å². The van der Waals surface area contributed by atoms with Gasteiger partial charge in [0.25, 0.3) is 5.91 Å². The van der Waals surface area contributed by atoms with Crippen molar-refractivity contribution in [1.82, 2.24) is 9.72 Å². The van der Waals surface area contributed by atoms with E-state index in [0.29, 0.717) is 0 Å². The maximum atomic E-state index is 12.1. The van der Waals surface area contributed by atoms with Gasteiger partial charge < -0.3 is 14.4 Å². The number of carbonyl (C=O) groups excluding carboxylic acids is 1. The van der Waals surface area contributed by atoms with Crippen molar-refractivity contribution in [2.45, 2.75) is 13.5 Å². The van der Waals surface area contributed by atoms with E-state index in [1.807, 2.05) is 30.3 Å². The number of nitrogens with zero attached hydrogens (tertiary/aromatic N) is 2. The Morgan fingerprint density at radius 2 is 1.96 bits per heavy atom. The van der Waals surface area contributed by atoms with Gasteiger partial charge in [0.05, 0.1) is 6.20 Å². The van der Waals surface area contributed by atoms with Crippen LogP contribution in [0.1, 0.15) is 17.5 Å². The molecule has 0 aliphatic carbocycles. The van der Waals surface area contributed by atoms with Gasteiger partial charge in [-0.1, -0.05) is 23.4 Å². The molecule has 23 heavy (non-hydrogen) atoms. The summed E-state index contributed by atoms with van der Waals surface area (Å²) in [7, 11) is 0. The van der Waals surface area contributed by atoms with E-state index in [-0.39, 0.29) is 11.7 Å². The third-order valence-corrected chi connectivity index (χ3v) is 4.01. The zero-order chi connectivity index (χ0) is 15.8. The Morgan fingerprint density at radius 3 is 2.74 bits per heavy atom. The highest BCUT2D eigenvalue weighted by Gasteiger charge is 2.13. The fraction of sp³-hybridized carbons (Fsp3) is 0.111. The van der Waals surface area contributed by atoms with Crippen LogP contribution in [0.25, 0.3) is 21.8 Å². The van der Waals surface area contributed by atoms with E-state index in [2.05, 4.69) is 34.1 Å². The molecule has 0 unspecified atom stereocenters. The number of hydrogen-bond acceptors (Lipinski definition) is 3. The lowest BCUT2D eigenvalue weighted by Crippen LogP contribution is -2.10. The van der Waals surface area contributed by atoms with Crippen molar-refractivity contribution in [3.8, 4) is 0 Å². The molecule has 114 valence electrons. The number of aryl methyl sites for hydroxylation is 1. The minimum atomic E-state index is -0.305. The second kappa shape index (κ2) is 5.28. The number of para-hydroxylation sites is 1. The number of carbonyl (C=O) groups is 1. The van der Waals surface area contributed by atoms with Crippen LogP contribution in [0.3, 0.4) is 0 Å². The molecule has 0 radical (unpaired) electrons. The first-order chi connectivity index (χ1) is 11.3. The Morgan fingerprint density at radius 1 is 1.13 bits per heavy atom. The lowest BCUT2D eigenvalue weighted by atomic mass is 10.1. The van der Waals surface area contributed by atoms with Gasteiger partial charge >= 0.3 is 0 Å². The van der Waals surface area contributed by atoms with Crippen molar-refractivity contribution in [3.63, 3.8) is 0 Å². The monoisotopic (exact) mass is 305 g/mol. The van der Waals surface area contributed by atoms with Gasteiger partial charge in [-0.15, -0.1) is 0 Å². The maximum Gasteiger partial charge on any atom is 0.294 e. The van der Waals surface area contributed by atoms with Crippen molar-refractivity contribution in [2.24, 2.45) is 0 Å². The van der Waals surface area contributed by atoms with Crippen LogP contribution in [0.4, 0.5) is 5.69 Å². The second-order valence-corrected chi connectivity index (χ2v) is 5.32. The summed E-state index contributed by atoms with van der Waals surface area (Å²) in [5.74, 6) is -0.109. The van der Waals surface area contributed by atoms with E-state index in [9.17, 15) is 4.79 Å². The van der Waals surface area contributed by atoms with E-state index in [4.69, 9.17) is 4.52 Å². The van der Waals surface area contributed by atoms with Crippen LogP contribution in [0, 0.1) is 0 Å². The van der Waals surface area contributed by atoms with Crippen LogP contribution < -0.4 is 5.32 Å². The molecule has 0 aliphatic rings. The SMILES string of the molecule is CCn1c2ccccc2c2cc(NC(=O)c3ccno3)ccc21. The molecule has 4 rings (SSSR count). The first-order valence-corrected chi connectivity index (χ1v) is 7.51. The molecule has 0 fully saturated rings. The molecule has 0 saturated carbocycles. The summed E-state index contributed by atoms with van der Waals surface area (Å²) in [5.41, 5.74) is 3.09. The van der Waals surface area contributed by atoms with Crippen molar-refractivity contribution in [2.75, 3.05) is 5.32 Å². The highest BCUT2D eigenvalue weighted by molar-refractivity contribution is 6.10. The highest BCUT2D eigenvalue weighted by atomic mass is 16.5. The summed E-state index contributed by atoms with van der Waals surface area (Å²) < 4.78 is 7.15. The molecular formula is C18H15N3O2. The quantitative estimate of drug-likeness (QED) is 0.621. The largest absolute Gasteiger partial charge is 0.351 e. The number of rotatable bonds is 3. The summed E-state index contributed by atoms with van der Waals surface area (Å²) in [4.78, 5) is 12.1. The Kier molecular flexibility index (Phi) is 3.12. The predicted molar refractivity (Wildman–Crippen MR) is 89.6 cm³/mol. The Labute approximate surface area is 132 Å². The van der Waals surface area contributed by atoms with Gasteiger partial charge in [-0.05, 0) is 31.2 Å². The van der Waals surface area contributed by atoms with Crippen LogP contribution in [0.2, 0.25) is 0 Å². The van der Waals surface area contributed by atoms with Gasteiger partial charge in [0.1, 0.15) is 0 Å². The van der Waals surface area contributed by atoms with E-state index in [0.717, 1.165) is 23.1 Å². The zero-order valence-electron chi connectivity index (χ0n) is 12.6. The first-order valence-electron chi connectivity index (χ1n) is 7.51. The van der Waals surface area contributed by atoms with E-state index in [1.165, 1.54) is 23.2 Å². The highest BCUT2D eigenvalue weighted by Crippen LogP contribution is 2.31. The van der Waals surface area contributed by atoms with Crippen LogP contribution in [-0.4, -0.2) is 15.6 Å². The molecule has 2 aromatic heterocycles. The van der Waals surface area contributed by atoms with Crippen LogP contribution in [0.15, 0.2) is 59.3 Å². The lowest BCUT2D eigenvalue weighted by Gasteiger charge is -2.05. The molecule has 0 saturated heterocycles. The fourth-order valence-corrected chi connectivity index (χ4v) is 3.00. The minimum Gasteiger partial charge on any atom is -0.351 e. The molecule has 2 heterocycles. The van der Waals surface area contributed by atoms with Gasteiger partial charge in [-0.2, -0.15) is 0 Å². The van der Waals surface area contributed by atoms with Gasteiger partial charge in [-0.25, -0.2) is 0 Å². The summed E-state index contributed by atoms with van der Waals surface area (Å²) in [6, 6.07) is 15.8. The van der Waals surface area contributed by atoms with E-state index >= 15 is 0 Å². The third kappa shape index (κ3) is 2.17. The van der Waals surface area contributed by atoms with Crippen molar-refractivity contribution < 1.29 is 9.32 Å². The first kappa shape index (κ1) is 13.6. The topological polar surface area (TPSA) is 60.1 Å². The average Bonchev–Trinajstić information content (AvgIpc) is 3.21. The van der Waals surface area contributed by atoms with Gasteiger partial charge in [-0.3, -0.25) is 4.79 Å². The molecular weight excluding hydrogens is 290 g/mol. The molecule has 0 atom stereocenters. The van der Waals surface area contributed by atoms with Crippen LogP contribution in [-0.2, 0) is 6.54 Å². The number of amides is 1. The third-order valence-electron chi connectivity index (χ3n) is 4.01. The van der Waals surface area contributed by atoms with Gasteiger partial charge in [0.15, 0.2) is 0 Å².